The van der Waals surface area contributed by atoms with E-state index in [2.05, 4.69) is 34.5 Å². The van der Waals surface area contributed by atoms with E-state index < -0.39 is 0 Å². The Hall–Kier alpha value is -3.64. The van der Waals surface area contributed by atoms with Gasteiger partial charge in [0.05, 0.1) is 23.6 Å². The van der Waals surface area contributed by atoms with Gasteiger partial charge in [-0.1, -0.05) is 72.8 Å². The Morgan fingerprint density at radius 3 is 2.52 bits per heavy atom. The molecule has 1 aliphatic rings. The van der Waals surface area contributed by atoms with Gasteiger partial charge in [-0.25, -0.2) is 4.52 Å². The number of allylic oxidation sites excluding steroid dienone is 1. The highest BCUT2D eigenvalue weighted by Crippen LogP contribution is 2.32. The van der Waals surface area contributed by atoms with Crippen LogP contribution in [0.3, 0.4) is 0 Å². The summed E-state index contributed by atoms with van der Waals surface area (Å²) in [7, 11) is 1.65. The molecule has 1 unspecified atom stereocenters. The summed E-state index contributed by atoms with van der Waals surface area (Å²) in [5.41, 5.74) is 5.68. The largest absolute Gasteiger partial charge is 0.378 e. The third-order valence-electron chi connectivity index (χ3n) is 5.58. The van der Waals surface area contributed by atoms with Crippen molar-refractivity contribution in [2.24, 2.45) is 5.92 Å². The summed E-state index contributed by atoms with van der Waals surface area (Å²) in [6.45, 7) is 0.355. The van der Waals surface area contributed by atoms with Crippen molar-refractivity contribution < 1.29 is 9.53 Å². The number of ether oxygens (including phenoxy) is 1. The van der Waals surface area contributed by atoms with E-state index in [0.29, 0.717) is 30.8 Å². The molecule has 1 aliphatic carbocycles. The molecule has 5 rings (SSSR count). The van der Waals surface area contributed by atoms with Crippen LogP contribution in [0.5, 0.6) is 0 Å². The highest BCUT2D eigenvalue weighted by molar-refractivity contribution is 5.97. The van der Waals surface area contributed by atoms with Gasteiger partial charge in [0.2, 0.25) is 0 Å². The molecule has 2 heterocycles. The highest BCUT2D eigenvalue weighted by atomic mass is 16.5. The van der Waals surface area contributed by atoms with Crippen LogP contribution in [0.25, 0.3) is 22.9 Å². The molecule has 6 heteroatoms. The number of aromatic nitrogens is 4. The zero-order valence-electron chi connectivity index (χ0n) is 17.2. The molecule has 0 N–H and O–H groups in total. The average Bonchev–Trinajstić information content (AvgIpc) is 3.18. The number of carbonyl (C=O) groups excluding carboxylic acids is 1. The minimum absolute atomic E-state index is 0.00316. The number of carbonyl (C=O) groups is 1. The van der Waals surface area contributed by atoms with Gasteiger partial charge in [-0.3, -0.25) is 4.79 Å². The fraction of sp³-hybridized carbons (Fsp3) is 0.200. The van der Waals surface area contributed by atoms with Crippen molar-refractivity contribution in [2.75, 3.05) is 7.11 Å². The summed E-state index contributed by atoms with van der Waals surface area (Å²) >= 11 is 0. The topological polar surface area (TPSA) is 69.4 Å². The predicted octanol–water partition coefficient (Wildman–Crippen LogP) is 4.40. The Bertz CT molecular complexity index is 1260. The molecule has 0 fully saturated rings. The SMILES string of the molecule is COCc1nn2c3c(nnc2c1-c1ccccc1)C(=O)CC(/C=C/c1ccccc1)C3. The van der Waals surface area contributed by atoms with E-state index in [1.807, 2.05) is 48.5 Å². The minimum atomic E-state index is 0.00316. The second kappa shape index (κ2) is 8.24. The van der Waals surface area contributed by atoms with Crippen LogP contribution in [0.1, 0.15) is 33.9 Å². The van der Waals surface area contributed by atoms with E-state index >= 15 is 0 Å². The first-order chi connectivity index (χ1) is 15.2. The number of rotatable bonds is 5. The Balaban J connectivity index is 1.59. The molecule has 154 valence electrons. The van der Waals surface area contributed by atoms with Crippen LogP contribution in [0.2, 0.25) is 0 Å². The molecular formula is C25H22N4O2. The molecule has 2 aromatic carbocycles. The molecule has 0 amide bonds. The van der Waals surface area contributed by atoms with Gasteiger partial charge in [-0.05, 0) is 23.5 Å². The average molecular weight is 410 g/mol. The molecule has 0 aliphatic heterocycles. The maximum Gasteiger partial charge on any atom is 0.185 e. The van der Waals surface area contributed by atoms with Crippen LogP contribution in [-0.4, -0.2) is 32.7 Å². The first-order valence-corrected chi connectivity index (χ1v) is 10.3. The summed E-state index contributed by atoms with van der Waals surface area (Å²) in [6, 6.07) is 20.1. The Morgan fingerprint density at radius 1 is 1.03 bits per heavy atom. The Kier molecular flexibility index (Phi) is 5.14. The van der Waals surface area contributed by atoms with Gasteiger partial charge >= 0.3 is 0 Å². The molecule has 0 saturated heterocycles. The first-order valence-electron chi connectivity index (χ1n) is 10.3. The van der Waals surface area contributed by atoms with E-state index in [1.165, 1.54) is 0 Å². The molecular weight excluding hydrogens is 388 g/mol. The fourth-order valence-corrected chi connectivity index (χ4v) is 4.13. The summed E-state index contributed by atoms with van der Waals surface area (Å²) in [5.74, 6) is 0.0891. The number of ketones is 1. The van der Waals surface area contributed by atoms with Crippen LogP contribution >= 0.6 is 0 Å². The molecule has 31 heavy (non-hydrogen) atoms. The molecule has 0 spiro atoms. The lowest BCUT2D eigenvalue weighted by Gasteiger charge is -2.20. The standard InChI is InChI=1S/C25H22N4O2/c1-31-16-20-23(19-10-6-3-7-11-19)25-27-26-24-21(29(25)28-20)14-18(15-22(24)30)13-12-17-8-4-2-5-9-17/h2-13,18H,14-16H2,1H3/b13-12+. The summed E-state index contributed by atoms with van der Waals surface area (Å²) in [4.78, 5) is 12.8. The van der Waals surface area contributed by atoms with Crippen LogP contribution in [-0.2, 0) is 17.8 Å². The molecule has 6 nitrogen and oxygen atoms in total. The van der Waals surface area contributed by atoms with Crippen LogP contribution in [0.15, 0.2) is 66.7 Å². The molecule has 0 saturated carbocycles. The molecule has 0 bridgehead atoms. The molecule has 1 atom stereocenters. The summed E-state index contributed by atoms with van der Waals surface area (Å²) < 4.78 is 7.18. The monoisotopic (exact) mass is 410 g/mol. The third kappa shape index (κ3) is 3.66. The van der Waals surface area contributed by atoms with Crippen molar-refractivity contribution in [3.63, 3.8) is 0 Å². The third-order valence-corrected chi connectivity index (χ3v) is 5.58. The van der Waals surface area contributed by atoms with Gasteiger partial charge in [0.15, 0.2) is 17.1 Å². The van der Waals surface area contributed by atoms with Gasteiger partial charge in [0.25, 0.3) is 0 Å². The van der Waals surface area contributed by atoms with E-state index in [1.54, 1.807) is 11.6 Å². The second-order valence-corrected chi connectivity index (χ2v) is 7.71. The number of hydrogen-bond donors (Lipinski definition) is 0. The smallest absolute Gasteiger partial charge is 0.185 e. The minimum Gasteiger partial charge on any atom is -0.378 e. The van der Waals surface area contributed by atoms with Gasteiger partial charge < -0.3 is 4.74 Å². The fourth-order valence-electron chi connectivity index (χ4n) is 4.13. The number of Topliss-reactive ketones (excluding diaryl/α,β-unsaturated/α-hetero) is 1. The van der Waals surface area contributed by atoms with Crippen LogP contribution in [0, 0.1) is 5.92 Å². The molecule has 2 aromatic heterocycles. The highest BCUT2D eigenvalue weighted by Gasteiger charge is 2.30. The molecule has 4 aromatic rings. The van der Waals surface area contributed by atoms with Gasteiger partial charge in [-0.15, -0.1) is 10.2 Å². The number of nitrogens with zero attached hydrogens (tertiary/aromatic N) is 4. The number of hydrogen-bond acceptors (Lipinski definition) is 5. The van der Waals surface area contributed by atoms with E-state index in [9.17, 15) is 4.79 Å². The summed E-state index contributed by atoms with van der Waals surface area (Å²) in [6.07, 6.45) is 5.29. The lowest BCUT2D eigenvalue weighted by molar-refractivity contribution is 0.0950. The van der Waals surface area contributed by atoms with Crippen molar-refractivity contribution in [1.82, 2.24) is 19.8 Å². The Morgan fingerprint density at radius 2 is 1.77 bits per heavy atom. The number of methoxy groups -OCH3 is 1. The van der Waals surface area contributed by atoms with Crippen molar-refractivity contribution in [3.8, 4) is 11.1 Å². The summed E-state index contributed by atoms with van der Waals surface area (Å²) in [5, 5.41) is 13.5. The van der Waals surface area contributed by atoms with E-state index in [-0.39, 0.29) is 11.7 Å². The van der Waals surface area contributed by atoms with Crippen molar-refractivity contribution in [2.45, 2.75) is 19.4 Å². The van der Waals surface area contributed by atoms with Crippen LogP contribution in [0.4, 0.5) is 0 Å². The van der Waals surface area contributed by atoms with Crippen molar-refractivity contribution >= 4 is 17.5 Å². The van der Waals surface area contributed by atoms with E-state index in [4.69, 9.17) is 9.84 Å². The zero-order valence-corrected chi connectivity index (χ0v) is 17.2. The van der Waals surface area contributed by atoms with Gasteiger partial charge in [0.1, 0.15) is 0 Å². The first kappa shape index (κ1) is 19.3. The molecule has 0 radical (unpaired) electrons. The van der Waals surface area contributed by atoms with Gasteiger partial charge in [0, 0.05) is 13.5 Å². The lowest BCUT2D eigenvalue weighted by atomic mass is 9.88. The number of fused-ring (bicyclic) bond motifs is 3. The van der Waals surface area contributed by atoms with Gasteiger partial charge in [-0.2, -0.15) is 5.10 Å². The van der Waals surface area contributed by atoms with Crippen LogP contribution < -0.4 is 0 Å². The predicted molar refractivity (Wildman–Crippen MR) is 119 cm³/mol. The zero-order chi connectivity index (χ0) is 21.2. The van der Waals surface area contributed by atoms with E-state index in [0.717, 1.165) is 28.1 Å². The maximum atomic E-state index is 12.8. The maximum absolute atomic E-state index is 12.8. The van der Waals surface area contributed by atoms with Crippen molar-refractivity contribution in [3.05, 3.63) is 89.4 Å². The second-order valence-electron chi connectivity index (χ2n) is 7.71. The quantitative estimate of drug-likeness (QED) is 0.488. The normalized spacial score (nSPS) is 16.2. The number of benzene rings is 2. The lowest BCUT2D eigenvalue weighted by Crippen LogP contribution is -2.24. The Labute approximate surface area is 180 Å². The van der Waals surface area contributed by atoms with Crippen molar-refractivity contribution in [1.29, 1.82) is 0 Å².